The van der Waals surface area contributed by atoms with Gasteiger partial charge in [0.2, 0.25) is 0 Å². The molecule has 0 saturated heterocycles. The Kier molecular flexibility index (Phi) is 5.71. The van der Waals surface area contributed by atoms with E-state index in [-0.39, 0.29) is 0 Å². The number of hydrogen-bond acceptors (Lipinski definition) is 0. The van der Waals surface area contributed by atoms with Gasteiger partial charge in [-0.3, -0.25) is 0 Å². The van der Waals surface area contributed by atoms with Gasteiger partial charge in [0.1, 0.15) is 15.5 Å². The Morgan fingerprint density at radius 2 is 1.18 bits per heavy atom. The predicted molar refractivity (Wildman–Crippen MR) is 103 cm³/mol. The molecule has 0 bridgehead atoms. The summed E-state index contributed by atoms with van der Waals surface area (Å²) in [5, 5.41) is 0. The van der Waals surface area contributed by atoms with Crippen LogP contribution in [-0.2, 0) is 12.3 Å². The summed E-state index contributed by atoms with van der Waals surface area (Å²) in [6.07, 6.45) is 9.56. The molecule has 2 heteroatoms. The van der Waals surface area contributed by atoms with Gasteiger partial charge in [-0.2, -0.15) is 0 Å². The molecule has 2 aromatic rings. The van der Waals surface area contributed by atoms with Crippen molar-refractivity contribution in [3.05, 3.63) is 71.8 Å². The average Bonchev–Trinajstić information content (AvgIpc) is 2.57. The lowest BCUT2D eigenvalue weighted by Crippen LogP contribution is -2.17. The van der Waals surface area contributed by atoms with Crippen LogP contribution in [0.15, 0.2) is 60.7 Å². The van der Waals surface area contributed by atoms with E-state index in [0.717, 1.165) is 5.66 Å². The average molecular weight is 376 g/mol. The minimum atomic E-state index is -1.18. The molecule has 22 heavy (non-hydrogen) atoms. The van der Waals surface area contributed by atoms with E-state index < -0.39 is 5.96 Å². The second kappa shape index (κ2) is 7.75. The van der Waals surface area contributed by atoms with Gasteiger partial charge in [0.05, 0.1) is 23.9 Å². The lowest BCUT2D eigenvalue weighted by atomic mass is 10.0. The van der Waals surface area contributed by atoms with E-state index >= 15 is 0 Å². The van der Waals surface area contributed by atoms with Gasteiger partial charge in [-0.25, -0.2) is 0 Å². The SMILES string of the molecule is Br[P+](Cc1ccccc1)(Cc1ccccc1)C1CCCCC1. The van der Waals surface area contributed by atoms with Crippen molar-refractivity contribution in [2.24, 2.45) is 0 Å². The quantitative estimate of drug-likeness (QED) is 0.491. The summed E-state index contributed by atoms with van der Waals surface area (Å²) in [6, 6.07) is 22.1. The van der Waals surface area contributed by atoms with Crippen molar-refractivity contribution in [1.82, 2.24) is 0 Å². The maximum atomic E-state index is 4.33. The zero-order chi connectivity index (χ0) is 15.3. The standard InChI is InChI=1S/C20H25BrP/c21-22(20-14-8-3-9-15-20,16-18-10-4-1-5-11-18)17-19-12-6-2-7-13-19/h1-2,4-7,10-13,20H,3,8-9,14-17H2/q+1. The van der Waals surface area contributed by atoms with Crippen LogP contribution in [0.1, 0.15) is 43.2 Å². The lowest BCUT2D eigenvalue weighted by molar-refractivity contribution is 0.509. The van der Waals surface area contributed by atoms with Crippen molar-refractivity contribution in [3.63, 3.8) is 0 Å². The molecule has 0 aromatic heterocycles. The van der Waals surface area contributed by atoms with Crippen LogP contribution in [0.3, 0.4) is 0 Å². The highest BCUT2D eigenvalue weighted by atomic mass is 79.9. The summed E-state index contributed by atoms with van der Waals surface area (Å²) < 4.78 is 0. The van der Waals surface area contributed by atoms with Gasteiger partial charge in [-0.15, -0.1) is 0 Å². The van der Waals surface area contributed by atoms with E-state index in [2.05, 4.69) is 76.2 Å². The van der Waals surface area contributed by atoms with Crippen molar-refractivity contribution >= 4 is 21.5 Å². The van der Waals surface area contributed by atoms with E-state index in [4.69, 9.17) is 0 Å². The van der Waals surface area contributed by atoms with Crippen LogP contribution in [0.2, 0.25) is 0 Å². The third kappa shape index (κ3) is 4.21. The van der Waals surface area contributed by atoms with E-state index in [1.54, 1.807) is 0 Å². The molecule has 0 radical (unpaired) electrons. The highest BCUT2D eigenvalue weighted by Gasteiger charge is 2.44. The van der Waals surface area contributed by atoms with Crippen LogP contribution in [0.25, 0.3) is 0 Å². The minimum absolute atomic E-state index is 0.890. The van der Waals surface area contributed by atoms with Crippen molar-refractivity contribution in [3.8, 4) is 0 Å². The third-order valence-corrected chi connectivity index (χ3v) is 11.7. The molecule has 0 heterocycles. The molecule has 3 rings (SSSR count). The van der Waals surface area contributed by atoms with Gasteiger partial charge in [-0.1, -0.05) is 67.1 Å². The summed E-state index contributed by atoms with van der Waals surface area (Å²) in [4.78, 5) is 0. The van der Waals surface area contributed by atoms with E-state index in [0.29, 0.717) is 0 Å². The zero-order valence-corrected chi connectivity index (χ0v) is 15.6. The third-order valence-electron chi connectivity index (χ3n) is 4.81. The number of benzene rings is 2. The first-order chi connectivity index (χ1) is 10.8. The molecule has 0 aliphatic heterocycles. The minimum Gasteiger partial charge on any atom is -0.0622 e. The Bertz CT molecular complexity index is 519. The molecule has 116 valence electrons. The molecule has 0 N–H and O–H groups in total. The fourth-order valence-corrected chi connectivity index (χ4v) is 10.2. The smallest absolute Gasteiger partial charge is 0.0622 e. The molecular weight excluding hydrogens is 351 g/mol. The normalized spacial score (nSPS) is 16.6. The molecule has 0 unspecified atom stereocenters. The molecule has 0 nitrogen and oxygen atoms in total. The van der Waals surface area contributed by atoms with Gasteiger partial charge < -0.3 is 0 Å². The Hall–Kier alpha value is -0.650. The molecule has 1 aliphatic carbocycles. The van der Waals surface area contributed by atoms with Gasteiger partial charge in [0, 0.05) is 0 Å². The predicted octanol–water partition coefficient (Wildman–Crippen LogP) is 7.05. The van der Waals surface area contributed by atoms with Crippen LogP contribution < -0.4 is 0 Å². The maximum absolute atomic E-state index is 4.33. The molecule has 1 aliphatic rings. The number of rotatable bonds is 5. The summed E-state index contributed by atoms with van der Waals surface area (Å²) in [6.45, 7) is 0. The highest BCUT2D eigenvalue weighted by Crippen LogP contribution is 2.76. The molecule has 1 saturated carbocycles. The first-order valence-electron chi connectivity index (χ1n) is 8.40. The zero-order valence-electron chi connectivity index (χ0n) is 13.1. The summed E-state index contributed by atoms with van der Waals surface area (Å²) in [7, 11) is 0. The molecule has 0 spiro atoms. The molecule has 2 aromatic carbocycles. The van der Waals surface area contributed by atoms with Crippen LogP contribution in [0.5, 0.6) is 0 Å². The molecular formula is C20H25BrP+. The van der Waals surface area contributed by atoms with Crippen LogP contribution >= 0.6 is 21.5 Å². The Balaban J connectivity index is 1.83. The second-order valence-corrected chi connectivity index (χ2v) is 14.0. The van der Waals surface area contributed by atoms with Gasteiger partial charge >= 0.3 is 0 Å². The van der Waals surface area contributed by atoms with Crippen LogP contribution in [-0.4, -0.2) is 5.66 Å². The maximum Gasteiger partial charge on any atom is 0.139 e. The Labute approximate surface area is 143 Å². The fraction of sp³-hybridized carbons (Fsp3) is 0.400. The summed E-state index contributed by atoms with van der Waals surface area (Å²) >= 11 is 4.33. The Morgan fingerprint density at radius 1 is 0.727 bits per heavy atom. The topological polar surface area (TPSA) is 0 Å². The van der Waals surface area contributed by atoms with E-state index in [1.807, 2.05) is 0 Å². The largest absolute Gasteiger partial charge is 0.139 e. The fourth-order valence-electron chi connectivity index (χ4n) is 3.63. The van der Waals surface area contributed by atoms with Gasteiger partial charge in [0.15, 0.2) is 0 Å². The molecule has 0 atom stereocenters. The first-order valence-corrected chi connectivity index (χ1v) is 12.7. The van der Waals surface area contributed by atoms with Crippen molar-refractivity contribution in [2.75, 3.05) is 0 Å². The first kappa shape index (κ1) is 16.2. The van der Waals surface area contributed by atoms with Crippen molar-refractivity contribution in [2.45, 2.75) is 50.1 Å². The Morgan fingerprint density at radius 3 is 1.64 bits per heavy atom. The lowest BCUT2D eigenvalue weighted by Gasteiger charge is -2.32. The number of halogens is 1. The van der Waals surface area contributed by atoms with Crippen molar-refractivity contribution < 1.29 is 0 Å². The number of hydrogen-bond donors (Lipinski definition) is 0. The second-order valence-electron chi connectivity index (χ2n) is 6.50. The van der Waals surface area contributed by atoms with Crippen LogP contribution in [0.4, 0.5) is 0 Å². The van der Waals surface area contributed by atoms with Gasteiger partial charge in [0.25, 0.3) is 0 Å². The highest BCUT2D eigenvalue weighted by molar-refractivity contribution is 9.42. The summed E-state index contributed by atoms with van der Waals surface area (Å²) in [5.74, 6) is -1.18. The molecule has 1 fully saturated rings. The molecule has 0 amide bonds. The van der Waals surface area contributed by atoms with Gasteiger partial charge in [-0.05, 0) is 36.8 Å². The van der Waals surface area contributed by atoms with Crippen molar-refractivity contribution in [1.29, 1.82) is 0 Å². The van der Waals surface area contributed by atoms with E-state index in [9.17, 15) is 0 Å². The monoisotopic (exact) mass is 375 g/mol. The summed E-state index contributed by atoms with van der Waals surface area (Å²) in [5.41, 5.74) is 3.88. The van der Waals surface area contributed by atoms with Crippen LogP contribution in [0, 0.1) is 0 Å². The van der Waals surface area contributed by atoms with E-state index in [1.165, 1.54) is 55.6 Å².